The average Bonchev–Trinajstić information content (AvgIpc) is 2.70. The van der Waals surface area contributed by atoms with Crippen molar-refractivity contribution in [3.8, 4) is 11.5 Å². The highest BCUT2D eigenvalue weighted by Crippen LogP contribution is 2.40. The summed E-state index contributed by atoms with van der Waals surface area (Å²) in [5.41, 5.74) is 1.30. The van der Waals surface area contributed by atoms with Crippen LogP contribution in [0, 0.1) is 0 Å². The molecule has 3 rings (SSSR count). The Morgan fingerprint density at radius 1 is 0.926 bits per heavy atom. The Kier molecular flexibility index (Phi) is 6.09. The van der Waals surface area contributed by atoms with Crippen molar-refractivity contribution in [1.29, 1.82) is 0 Å². The van der Waals surface area contributed by atoms with E-state index in [1.54, 1.807) is 7.11 Å². The van der Waals surface area contributed by atoms with E-state index in [2.05, 4.69) is 0 Å². The van der Waals surface area contributed by atoms with E-state index < -0.39 is 6.10 Å². The molecule has 0 unspecified atom stereocenters. The molecule has 0 amide bonds. The number of hydrogen-bond donors (Lipinski definition) is 0. The second-order valence-electron chi connectivity index (χ2n) is 6.06. The second-order valence-corrected chi connectivity index (χ2v) is 6.06. The van der Waals surface area contributed by atoms with Gasteiger partial charge in [0.1, 0.15) is 6.10 Å². The lowest BCUT2D eigenvalue weighted by Crippen LogP contribution is -2.17. The number of ketones is 1. The molecule has 0 saturated carbocycles. The minimum Gasteiger partial charge on any atom is -0.490 e. The van der Waals surface area contributed by atoms with Gasteiger partial charge in [0.2, 0.25) is 5.78 Å². The predicted molar refractivity (Wildman–Crippen MR) is 107 cm³/mol. The maximum absolute atomic E-state index is 13.6. The summed E-state index contributed by atoms with van der Waals surface area (Å²) >= 11 is 0. The van der Waals surface area contributed by atoms with Crippen molar-refractivity contribution < 1.29 is 19.0 Å². The molecule has 0 radical (unpaired) electrons. The number of hydrogen-bond acceptors (Lipinski definition) is 4. The van der Waals surface area contributed by atoms with Gasteiger partial charge in [-0.25, -0.2) is 0 Å². The number of methoxy groups -OCH3 is 1. The summed E-state index contributed by atoms with van der Waals surface area (Å²) in [6.45, 7) is 4.72. The average molecular weight is 364 g/mol. The molecular weight excluding hydrogens is 340 g/mol. The number of Topliss-reactive ketones (excluding diaryl/α,β-unsaturated/α-hetero) is 1. The van der Waals surface area contributed by atoms with Crippen LogP contribution >= 0.6 is 0 Å². The molecule has 0 fully saturated rings. The Labute approximate surface area is 159 Å². The van der Waals surface area contributed by atoms with Gasteiger partial charge in [-0.3, -0.25) is 4.79 Å². The van der Waals surface area contributed by atoms with Crippen molar-refractivity contribution in [1.82, 2.24) is 0 Å². The first-order chi connectivity index (χ1) is 13.2. The summed E-state index contributed by atoms with van der Waals surface area (Å²) in [5, 5.41) is 1.75. The third-order valence-electron chi connectivity index (χ3n) is 4.38. The van der Waals surface area contributed by atoms with Crippen LogP contribution in [0.4, 0.5) is 0 Å². The van der Waals surface area contributed by atoms with Gasteiger partial charge in [0, 0.05) is 7.11 Å². The lowest BCUT2D eigenvalue weighted by Gasteiger charge is -2.21. The van der Waals surface area contributed by atoms with E-state index in [0.29, 0.717) is 30.3 Å². The standard InChI is InChI=1S/C23H24O4/c1-4-26-19-15-17-13-9-10-14-18(17)20(23(19)27-5-2)21(24)22(25-3)16-11-7-6-8-12-16/h6-15,22H,4-5H2,1-3H3/t22-/m0/s1. The minimum atomic E-state index is -0.717. The SMILES string of the molecule is CCOc1cc2ccccc2c(C(=O)[C@@H](OC)c2ccccc2)c1OCC. The third-order valence-corrected chi connectivity index (χ3v) is 4.38. The fourth-order valence-electron chi connectivity index (χ4n) is 3.25. The van der Waals surface area contributed by atoms with Crippen LogP contribution in [-0.2, 0) is 4.74 Å². The van der Waals surface area contributed by atoms with Crippen LogP contribution in [0.2, 0.25) is 0 Å². The first kappa shape index (κ1) is 18.9. The Hall–Kier alpha value is -2.85. The number of fused-ring (bicyclic) bond motifs is 1. The number of benzene rings is 3. The van der Waals surface area contributed by atoms with Crippen molar-refractivity contribution in [3.05, 3.63) is 71.8 Å². The van der Waals surface area contributed by atoms with E-state index in [9.17, 15) is 4.79 Å². The topological polar surface area (TPSA) is 44.8 Å². The minimum absolute atomic E-state index is 0.148. The van der Waals surface area contributed by atoms with Gasteiger partial charge in [0.05, 0.1) is 18.8 Å². The molecule has 140 valence electrons. The summed E-state index contributed by atoms with van der Waals surface area (Å²) < 4.78 is 17.3. The fourth-order valence-corrected chi connectivity index (χ4v) is 3.25. The molecule has 1 atom stereocenters. The molecule has 4 nitrogen and oxygen atoms in total. The van der Waals surface area contributed by atoms with Gasteiger partial charge >= 0.3 is 0 Å². The molecule has 0 aromatic heterocycles. The van der Waals surface area contributed by atoms with Crippen molar-refractivity contribution in [2.24, 2.45) is 0 Å². The van der Waals surface area contributed by atoms with Crippen LogP contribution in [0.15, 0.2) is 60.7 Å². The summed E-state index contributed by atoms with van der Waals surface area (Å²) in [4.78, 5) is 13.6. The van der Waals surface area contributed by atoms with E-state index in [-0.39, 0.29) is 5.78 Å². The number of carbonyl (C=O) groups excluding carboxylic acids is 1. The van der Waals surface area contributed by atoms with E-state index in [1.807, 2.05) is 74.5 Å². The van der Waals surface area contributed by atoms with Crippen LogP contribution in [0.5, 0.6) is 11.5 Å². The molecule has 27 heavy (non-hydrogen) atoms. The fraction of sp³-hybridized carbons (Fsp3) is 0.261. The molecule has 0 aliphatic carbocycles. The number of ether oxygens (including phenoxy) is 3. The first-order valence-corrected chi connectivity index (χ1v) is 9.14. The molecule has 0 heterocycles. The lowest BCUT2D eigenvalue weighted by atomic mass is 9.94. The highest BCUT2D eigenvalue weighted by molar-refractivity contribution is 6.13. The Balaban J connectivity index is 2.23. The predicted octanol–water partition coefficient (Wildman–Crippen LogP) is 5.21. The zero-order valence-electron chi connectivity index (χ0n) is 15.9. The molecule has 0 aliphatic heterocycles. The summed E-state index contributed by atoms with van der Waals surface area (Å²) in [6.07, 6.45) is -0.717. The van der Waals surface area contributed by atoms with Crippen molar-refractivity contribution in [2.75, 3.05) is 20.3 Å². The molecule has 0 bridgehead atoms. The lowest BCUT2D eigenvalue weighted by molar-refractivity contribution is 0.0602. The van der Waals surface area contributed by atoms with Gasteiger partial charge in [-0.15, -0.1) is 0 Å². The quantitative estimate of drug-likeness (QED) is 0.515. The summed E-state index contributed by atoms with van der Waals surface area (Å²) in [6, 6.07) is 19.2. The van der Waals surface area contributed by atoms with Crippen LogP contribution in [-0.4, -0.2) is 26.1 Å². The van der Waals surface area contributed by atoms with Gasteiger partial charge in [-0.05, 0) is 36.2 Å². The Morgan fingerprint density at radius 3 is 2.26 bits per heavy atom. The molecule has 0 spiro atoms. The van der Waals surface area contributed by atoms with Crippen molar-refractivity contribution >= 4 is 16.6 Å². The van der Waals surface area contributed by atoms with Crippen molar-refractivity contribution in [2.45, 2.75) is 20.0 Å². The number of rotatable bonds is 8. The first-order valence-electron chi connectivity index (χ1n) is 9.14. The van der Waals surface area contributed by atoms with Gasteiger partial charge in [-0.1, -0.05) is 54.6 Å². The van der Waals surface area contributed by atoms with Crippen LogP contribution < -0.4 is 9.47 Å². The Bertz CT molecular complexity index is 918. The largest absolute Gasteiger partial charge is 0.490 e. The van der Waals surface area contributed by atoms with E-state index >= 15 is 0 Å². The van der Waals surface area contributed by atoms with Crippen LogP contribution in [0.25, 0.3) is 10.8 Å². The monoisotopic (exact) mass is 364 g/mol. The van der Waals surface area contributed by atoms with Gasteiger partial charge in [0.15, 0.2) is 11.5 Å². The van der Waals surface area contributed by atoms with Crippen LogP contribution in [0.3, 0.4) is 0 Å². The molecule has 3 aromatic carbocycles. The third kappa shape index (κ3) is 3.81. The zero-order chi connectivity index (χ0) is 19.2. The Morgan fingerprint density at radius 2 is 1.59 bits per heavy atom. The molecule has 0 aliphatic rings. The van der Waals surface area contributed by atoms with E-state index in [4.69, 9.17) is 14.2 Å². The summed E-state index contributed by atoms with van der Waals surface area (Å²) in [5.74, 6) is 0.898. The molecule has 0 saturated heterocycles. The van der Waals surface area contributed by atoms with Gasteiger partial charge in [0.25, 0.3) is 0 Å². The van der Waals surface area contributed by atoms with E-state index in [1.165, 1.54) is 0 Å². The molecule has 4 heteroatoms. The molecule has 0 N–H and O–H groups in total. The maximum Gasteiger partial charge on any atom is 0.200 e. The normalized spacial score (nSPS) is 12.0. The van der Waals surface area contributed by atoms with Gasteiger partial charge in [-0.2, -0.15) is 0 Å². The highest BCUT2D eigenvalue weighted by atomic mass is 16.5. The smallest absolute Gasteiger partial charge is 0.200 e. The molecular formula is C23H24O4. The second kappa shape index (κ2) is 8.69. The summed E-state index contributed by atoms with van der Waals surface area (Å²) in [7, 11) is 1.55. The zero-order valence-corrected chi connectivity index (χ0v) is 15.9. The van der Waals surface area contributed by atoms with E-state index in [0.717, 1.165) is 16.3 Å². The van der Waals surface area contributed by atoms with Gasteiger partial charge < -0.3 is 14.2 Å². The van der Waals surface area contributed by atoms with Crippen LogP contribution in [0.1, 0.15) is 35.9 Å². The maximum atomic E-state index is 13.6. The van der Waals surface area contributed by atoms with Crippen molar-refractivity contribution in [3.63, 3.8) is 0 Å². The highest BCUT2D eigenvalue weighted by Gasteiger charge is 2.28. The number of carbonyl (C=O) groups is 1. The molecule has 3 aromatic rings.